The molecular formula is C26H33ClN6O5S3. The van der Waals surface area contributed by atoms with E-state index >= 15 is 0 Å². The topological polar surface area (TPSA) is 127 Å². The lowest BCUT2D eigenvalue weighted by atomic mass is 10.1. The van der Waals surface area contributed by atoms with Crippen molar-refractivity contribution in [1.82, 2.24) is 28.4 Å². The Balaban J connectivity index is 1.26. The van der Waals surface area contributed by atoms with E-state index in [2.05, 4.69) is 14.9 Å². The van der Waals surface area contributed by atoms with E-state index in [1.54, 1.807) is 29.2 Å². The van der Waals surface area contributed by atoms with Crippen LogP contribution in [0.5, 0.6) is 0 Å². The van der Waals surface area contributed by atoms with Crippen molar-refractivity contribution in [3.8, 4) is 0 Å². The Bertz CT molecular complexity index is 1680. The van der Waals surface area contributed by atoms with Gasteiger partial charge >= 0.3 is 0 Å². The van der Waals surface area contributed by atoms with Gasteiger partial charge in [-0.15, -0.1) is 11.3 Å². The first-order valence-corrected chi connectivity index (χ1v) is 18.0. The minimum atomic E-state index is -3.94. The molecule has 2 fully saturated rings. The molecule has 2 aromatic heterocycles. The van der Waals surface area contributed by atoms with Crippen LogP contribution in [0.2, 0.25) is 5.02 Å². The lowest BCUT2D eigenvalue weighted by Crippen LogP contribution is -2.57. The Labute approximate surface area is 249 Å². The summed E-state index contributed by atoms with van der Waals surface area (Å²) in [6, 6.07) is 6.04. The first-order valence-electron chi connectivity index (χ1n) is 13.8. The molecule has 222 valence electrons. The quantitative estimate of drug-likeness (QED) is 0.421. The number of hydrogen-bond donors (Lipinski definition) is 1. The highest BCUT2D eigenvalue weighted by atomic mass is 35.5. The molecule has 1 amide bonds. The number of amides is 1. The predicted octanol–water partition coefficient (Wildman–Crippen LogP) is 2.60. The normalized spacial score (nSPS) is 21.5. The number of hydrogen-bond acceptors (Lipinski definition) is 8. The molecule has 3 aromatic rings. The summed E-state index contributed by atoms with van der Waals surface area (Å²) in [6.45, 7) is 2.83. The average molecular weight is 641 g/mol. The average Bonchev–Trinajstić information content (AvgIpc) is 3.71. The van der Waals surface area contributed by atoms with Gasteiger partial charge in [0.25, 0.3) is 15.9 Å². The molecule has 1 aromatic carbocycles. The zero-order valence-electron chi connectivity index (χ0n) is 22.8. The van der Waals surface area contributed by atoms with Crippen molar-refractivity contribution in [1.29, 1.82) is 0 Å². The van der Waals surface area contributed by atoms with Crippen molar-refractivity contribution >= 4 is 59.8 Å². The molecule has 41 heavy (non-hydrogen) atoms. The number of rotatable bonds is 7. The summed E-state index contributed by atoms with van der Waals surface area (Å²) in [5.74, 6) is -0.424. The van der Waals surface area contributed by atoms with Crippen LogP contribution in [0.1, 0.15) is 39.6 Å². The number of nitrogens with zero attached hydrogens (tertiary/aromatic N) is 5. The molecule has 3 aliphatic rings. The Kier molecular flexibility index (Phi) is 7.94. The van der Waals surface area contributed by atoms with E-state index in [1.807, 2.05) is 7.05 Å². The van der Waals surface area contributed by atoms with E-state index in [0.717, 1.165) is 42.9 Å². The van der Waals surface area contributed by atoms with Crippen LogP contribution in [-0.4, -0.2) is 109 Å². The van der Waals surface area contributed by atoms with Crippen LogP contribution in [0.25, 0.3) is 10.9 Å². The molecule has 1 unspecified atom stereocenters. The number of carbonyl (C=O) groups is 1. The summed E-state index contributed by atoms with van der Waals surface area (Å²) < 4.78 is 56.4. The Morgan fingerprint density at radius 2 is 1.85 bits per heavy atom. The van der Waals surface area contributed by atoms with E-state index in [1.165, 1.54) is 19.9 Å². The van der Waals surface area contributed by atoms with Crippen molar-refractivity contribution < 1.29 is 21.6 Å². The van der Waals surface area contributed by atoms with Gasteiger partial charge in [0.05, 0.1) is 11.4 Å². The number of likely N-dealkylation sites (N-methyl/N-ethyl adjacent to an activating group) is 1. The molecule has 0 bridgehead atoms. The molecule has 3 aliphatic heterocycles. The lowest BCUT2D eigenvalue weighted by Gasteiger charge is -2.40. The minimum Gasteiger partial charge on any atom is -0.345 e. The fourth-order valence-electron chi connectivity index (χ4n) is 5.83. The van der Waals surface area contributed by atoms with Gasteiger partial charge in [-0.3, -0.25) is 4.79 Å². The van der Waals surface area contributed by atoms with Crippen molar-refractivity contribution in [2.75, 3.05) is 52.1 Å². The van der Waals surface area contributed by atoms with Crippen LogP contribution in [-0.2, 0) is 33.0 Å². The number of aromatic nitrogens is 2. The Hall–Kier alpha value is -2.07. The highest BCUT2D eigenvalue weighted by Crippen LogP contribution is 2.30. The second-order valence-corrected chi connectivity index (χ2v) is 16.5. The Morgan fingerprint density at radius 3 is 2.63 bits per heavy atom. The number of H-pyrrole nitrogens is 1. The molecule has 0 saturated carbocycles. The van der Waals surface area contributed by atoms with E-state index in [9.17, 15) is 21.6 Å². The number of benzene rings is 1. The maximum atomic E-state index is 13.8. The number of aromatic amines is 1. The van der Waals surface area contributed by atoms with Gasteiger partial charge in [-0.05, 0) is 50.6 Å². The van der Waals surface area contributed by atoms with Crippen molar-refractivity contribution in [2.24, 2.45) is 0 Å². The second-order valence-electron chi connectivity index (χ2n) is 11.0. The van der Waals surface area contributed by atoms with Crippen LogP contribution >= 0.6 is 22.9 Å². The van der Waals surface area contributed by atoms with Gasteiger partial charge in [0.15, 0.2) is 5.01 Å². The van der Waals surface area contributed by atoms with Gasteiger partial charge in [-0.25, -0.2) is 26.1 Å². The fraction of sp³-hybridized carbons (Fsp3) is 0.538. The van der Waals surface area contributed by atoms with Gasteiger partial charge in [-0.1, -0.05) is 11.6 Å². The highest BCUT2D eigenvalue weighted by Gasteiger charge is 2.39. The van der Waals surface area contributed by atoms with E-state index in [0.29, 0.717) is 34.0 Å². The molecule has 15 heteroatoms. The number of sulfonamides is 2. The summed E-state index contributed by atoms with van der Waals surface area (Å²) in [7, 11) is -5.43. The summed E-state index contributed by atoms with van der Waals surface area (Å²) in [4.78, 5) is 26.3. The molecular weight excluding hydrogens is 608 g/mol. The first kappa shape index (κ1) is 29.0. The summed E-state index contributed by atoms with van der Waals surface area (Å²) in [5.41, 5.74) is 1.58. The molecule has 1 N–H and O–H groups in total. The van der Waals surface area contributed by atoms with Gasteiger partial charge in [0, 0.05) is 79.1 Å². The molecule has 0 spiro atoms. The number of piperazine rings is 1. The third kappa shape index (κ3) is 5.79. The molecule has 0 aliphatic carbocycles. The van der Waals surface area contributed by atoms with Crippen LogP contribution in [0.4, 0.5) is 0 Å². The van der Waals surface area contributed by atoms with E-state index in [-0.39, 0.29) is 42.7 Å². The molecule has 11 nitrogen and oxygen atoms in total. The largest absolute Gasteiger partial charge is 0.345 e. The monoisotopic (exact) mass is 640 g/mol. The molecule has 1 atom stereocenters. The zero-order valence-corrected chi connectivity index (χ0v) is 26.0. The number of halogens is 1. The second kappa shape index (κ2) is 11.2. The maximum Gasteiger partial charge on any atom is 0.283 e. The van der Waals surface area contributed by atoms with Crippen LogP contribution in [0.15, 0.2) is 29.3 Å². The lowest BCUT2D eigenvalue weighted by molar-refractivity contribution is 0.0558. The predicted molar refractivity (Wildman–Crippen MR) is 158 cm³/mol. The molecule has 5 heterocycles. The number of fused-ring (bicyclic) bond motifs is 2. The molecule has 2 saturated heterocycles. The van der Waals surface area contributed by atoms with Crippen LogP contribution in [0.3, 0.4) is 0 Å². The van der Waals surface area contributed by atoms with E-state index < -0.39 is 26.1 Å². The van der Waals surface area contributed by atoms with Crippen molar-refractivity contribution in [3.63, 3.8) is 0 Å². The fourth-order valence-corrected chi connectivity index (χ4v) is 10.3. The first-order chi connectivity index (χ1) is 19.5. The van der Waals surface area contributed by atoms with Gasteiger partial charge in [-0.2, -0.15) is 4.31 Å². The Morgan fingerprint density at radius 1 is 1.07 bits per heavy atom. The number of nitrogens with one attached hydrogen (secondary N) is 1. The number of carbonyl (C=O) groups excluding carboxylic acids is 1. The highest BCUT2D eigenvalue weighted by molar-refractivity contribution is 7.89. The summed E-state index contributed by atoms with van der Waals surface area (Å²) in [6.07, 6.45) is 2.57. The van der Waals surface area contributed by atoms with Crippen LogP contribution in [0, 0.1) is 0 Å². The van der Waals surface area contributed by atoms with Crippen LogP contribution < -0.4 is 0 Å². The third-order valence-corrected chi connectivity index (χ3v) is 13.2. The third-order valence-electron chi connectivity index (χ3n) is 8.15. The summed E-state index contributed by atoms with van der Waals surface area (Å²) >= 11 is 7.47. The van der Waals surface area contributed by atoms with Crippen molar-refractivity contribution in [2.45, 2.75) is 43.3 Å². The standard InChI is InChI=1S/C26H33ClN6O5S3/c1-30-10-6-22-23(17-30)39-25(29-22)26(34)33-12-11-32(16-20(33)7-13-40(35,36)31-8-2-3-9-31)41(37,38)24-15-18-14-19(27)4-5-21(18)28-24/h4-5,14-15,20,28H,2-3,6-13,16-17H2,1H3. The maximum absolute atomic E-state index is 13.8. The van der Waals surface area contributed by atoms with Gasteiger partial charge in [0.2, 0.25) is 10.0 Å². The summed E-state index contributed by atoms with van der Waals surface area (Å²) in [5, 5.41) is 1.59. The minimum absolute atomic E-state index is 0.00641. The number of thiazole rings is 1. The van der Waals surface area contributed by atoms with Crippen molar-refractivity contribution in [3.05, 3.63) is 44.9 Å². The van der Waals surface area contributed by atoms with E-state index in [4.69, 9.17) is 11.6 Å². The van der Waals surface area contributed by atoms with Gasteiger partial charge in [0.1, 0.15) is 5.03 Å². The van der Waals surface area contributed by atoms with Gasteiger partial charge < -0.3 is 14.8 Å². The zero-order chi connectivity index (χ0) is 28.9. The molecule has 0 radical (unpaired) electrons. The smallest absolute Gasteiger partial charge is 0.283 e. The SMILES string of the molecule is CN1CCc2nc(C(=O)N3CCN(S(=O)(=O)c4cc5cc(Cl)ccc5[nH]4)CC3CCS(=O)(=O)N3CCCC3)sc2C1. The molecule has 6 rings (SSSR count).